The van der Waals surface area contributed by atoms with Gasteiger partial charge in [0.05, 0.1) is 6.61 Å². The smallest absolute Gasteiger partial charge is 0.163 e. The molecule has 0 radical (unpaired) electrons. The van der Waals surface area contributed by atoms with Crippen molar-refractivity contribution in [3.05, 3.63) is 34.4 Å². The predicted molar refractivity (Wildman–Crippen MR) is 49.8 cm³/mol. The van der Waals surface area contributed by atoms with E-state index in [0.717, 1.165) is 23.1 Å². The number of hydrogen-bond acceptors (Lipinski definition) is 2. The summed E-state index contributed by atoms with van der Waals surface area (Å²) in [7, 11) is 0. The second-order valence-electron chi connectivity index (χ2n) is 3.52. The Balaban J connectivity index is 2.60. The van der Waals surface area contributed by atoms with Crippen LogP contribution in [0.25, 0.3) is 0 Å². The number of hydrogen-bond donors (Lipinski definition) is 1. The zero-order valence-electron chi connectivity index (χ0n) is 7.63. The van der Waals surface area contributed by atoms with Crippen LogP contribution in [0.15, 0.2) is 12.1 Å². The minimum Gasteiger partial charge on any atom is -0.392 e. The SMILES string of the molecule is Cc1cc(CO)cc2c1CCC2=O. The van der Waals surface area contributed by atoms with Crippen LogP contribution < -0.4 is 0 Å². The summed E-state index contributed by atoms with van der Waals surface area (Å²) in [6, 6.07) is 3.77. The molecule has 0 fully saturated rings. The summed E-state index contributed by atoms with van der Waals surface area (Å²) < 4.78 is 0. The number of carbonyl (C=O) groups is 1. The van der Waals surface area contributed by atoms with Gasteiger partial charge in [-0.3, -0.25) is 4.79 Å². The molecule has 1 aliphatic rings. The Kier molecular flexibility index (Phi) is 1.93. The molecule has 0 amide bonds. The molecule has 1 N–H and O–H groups in total. The molecule has 68 valence electrons. The van der Waals surface area contributed by atoms with Gasteiger partial charge in [0.2, 0.25) is 0 Å². The number of fused-ring (bicyclic) bond motifs is 1. The van der Waals surface area contributed by atoms with Gasteiger partial charge in [-0.05, 0) is 36.1 Å². The van der Waals surface area contributed by atoms with E-state index >= 15 is 0 Å². The molecule has 0 heterocycles. The standard InChI is InChI=1S/C11H12O2/c1-7-4-8(6-12)5-10-9(7)2-3-11(10)13/h4-5,12H,2-3,6H2,1H3. The fraction of sp³-hybridized carbons (Fsp3) is 0.364. The molecule has 0 atom stereocenters. The second kappa shape index (κ2) is 2.96. The molecule has 13 heavy (non-hydrogen) atoms. The molecular formula is C11H12O2. The second-order valence-corrected chi connectivity index (χ2v) is 3.52. The van der Waals surface area contributed by atoms with Crippen molar-refractivity contribution in [2.45, 2.75) is 26.4 Å². The maximum absolute atomic E-state index is 11.4. The lowest BCUT2D eigenvalue weighted by Crippen LogP contribution is -1.96. The summed E-state index contributed by atoms with van der Waals surface area (Å²) in [5.41, 5.74) is 3.96. The quantitative estimate of drug-likeness (QED) is 0.706. The van der Waals surface area contributed by atoms with Gasteiger partial charge in [-0.2, -0.15) is 0 Å². The number of ketones is 1. The maximum Gasteiger partial charge on any atom is 0.163 e. The highest BCUT2D eigenvalue weighted by atomic mass is 16.3. The fourth-order valence-corrected chi connectivity index (χ4v) is 1.94. The van der Waals surface area contributed by atoms with Crippen LogP contribution in [0.5, 0.6) is 0 Å². The fourth-order valence-electron chi connectivity index (χ4n) is 1.94. The molecule has 0 unspecified atom stereocenters. The van der Waals surface area contributed by atoms with Crippen LogP contribution in [0, 0.1) is 6.92 Å². The number of Topliss-reactive ketones (excluding diaryl/α,β-unsaturated/α-hetero) is 1. The molecule has 2 heteroatoms. The summed E-state index contributed by atoms with van der Waals surface area (Å²) in [6.45, 7) is 2.01. The van der Waals surface area contributed by atoms with E-state index in [9.17, 15) is 4.79 Å². The molecular weight excluding hydrogens is 164 g/mol. The first-order valence-corrected chi connectivity index (χ1v) is 4.49. The van der Waals surface area contributed by atoms with Crippen LogP contribution in [-0.4, -0.2) is 10.9 Å². The summed E-state index contributed by atoms with van der Waals surface area (Å²) in [5, 5.41) is 8.97. The van der Waals surface area contributed by atoms with Gasteiger partial charge in [0.25, 0.3) is 0 Å². The third-order valence-electron chi connectivity index (χ3n) is 2.62. The van der Waals surface area contributed by atoms with Crippen molar-refractivity contribution in [3.8, 4) is 0 Å². The van der Waals surface area contributed by atoms with Gasteiger partial charge in [0.1, 0.15) is 0 Å². The lowest BCUT2D eigenvalue weighted by Gasteiger charge is -2.05. The number of aliphatic hydroxyl groups excluding tert-OH is 1. The first-order valence-electron chi connectivity index (χ1n) is 4.49. The summed E-state index contributed by atoms with van der Waals surface area (Å²) >= 11 is 0. The highest BCUT2D eigenvalue weighted by Crippen LogP contribution is 2.26. The van der Waals surface area contributed by atoms with Crippen LogP contribution in [0.1, 0.15) is 33.5 Å². The monoisotopic (exact) mass is 176 g/mol. The van der Waals surface area contributed by atoms with Gasteiger partial charge < -0.3 is 5.11 Å². The average Bonchev–Trinajstić information content (AvgIpc) is 2.48. The van der Waals surface area contributed by atoms with E-state index in [1.165, 1.54) is 5.56 Å². The zero-order valence-corrected chi connectivity index (χ0v) is 7.63. The summed E-state index contributed by atoms with van der Waals surface area (Å²) in [5.74, 6) is 0.216. The number of aryl methyl sites for hydroxylation is 1. The highest BCUT2D eigenvalue weighted by molar-refractivity contribution is 6.00. The molecule has 0 aromatic heterocycles. The minimum atomic E-state index is 0.0153. The van der Waals surface area contributed by atoms with Crippen molar-refractivity contribution in [3.63, 3.8) is 0 Å². The van der Waals surface area contributed by atoms with E-state index < -0.39 is 0 Å². The molecule has 2 rings (SSSR count). The van der Waals surface area contributed by atoms with Crippen LogP contribution in [0.3, 0.4) is 0 Å². The molecule has 0 aliphatic heterocycles. The van der Waals surface area contributed by atoms with Gasteiger partial charge in [-0.25, -0.2) is 0 Å². The van der Waals surface area contributed by atoms with Gasteiger partial charge in [0, 0.05) is 12.0 Å². The Labute approximate surface area is 77.2 Å². The first kappa shape index (κ1) is 8.45. The Morgan fingerprint density at radius 1 is 1.38 bits per heavy atom. The normalized spacial score (nSPS) is 14.8. The Morgan fingerprint density at radius 3 is 2.85 bits per heavy atom. The number of rotatable bonds is 1. The van der Waals surface area contributed by atoms with Gasteiger partial charge in [-0.15, -0.1) is 0 Å². The lowest BCUT2D eigenvalue weighted by atomic mass is 10.0. The van der Waals surface area contributed by atoms with E-state index in [1.54, 1.807) is 0 Å². The molecule has 0 saturated carbocycles. The third kappa shape index (κ3) is 1.27. The Morgan fingerprint density at radius 2 is 2.15 bits per heavy atom. The van der Waals surface area contributed by atoms with Gasteiger partial charge in [0.15, 0.2) is 5.78 Å². The Bertz CT molecular complexity index is 367. The van der Waals surface area contributed by atoms with Crippen molar-refractivity contribution >= 4 is 5.78 Å². The predicted octanol–water partition coefficient (Wildman–Crippen LogP) is 1.62. The molecule has 0 saturated heterocycles. The molecule has 0 spiro atoms. The zero-order chi connectivity index (χ0) is 9.42. The van der Waals surface area contributed by atoms with E-state index in [1.807, 2.05) is 19.1 Å². The third-order valence-corrected chi connectivity index (χ3v) is 2.62. The van der Waals surface area contributed by atoms with Crippen LogP contribution in [-0.2, 0) is 13.0 Å². The number of carbonyl (C=O) groups excluding carboxylic acids is 1. The number of benzene rings is 1. The van der Waals surface area contributed by atoms with Crippen LogP contribution in [0.2, 0.25) is 0 Å². The minimum absolute atomic E-state index is 0.0153. The van der Waals surface area contributed by atoms with Crippen molar-refractivity contribution in [1.82, 2.24) is 0 Å². The molecule has 0 bridgehead atoms. The topological polar surface area (TPSA) is 37.3 Å². The Hall–Kier alpha value is -1.15. The van der Waals surface area contributed by atoms with Crippen molar-refractivity contribution < 1.29 is 9.90 Å². The van der Waals surface area contributed by atoms with Gasteiger partial charge >= 0.3 is 0 Å². The van der Waals surface area contributed by atoms with Crippen LogP contribution in [0.4, 0.5) is 0 Å². The molecule has 1 aromatic carbocycles. The first-order chi connectivity index (χ1) is 6.22. The van der Waals surface area contributed by atoms with Crippen molar-refractivity contribution in [1.29, 1.82) is 0 Å². The van der Waals surface area contributed by atoms with Gasteiger partial charge in [-0.1, -0.05) is 6.07 Å². The molecule has 1 aliphatic carbocycles. The summed E-state index contributed by atoms with van der Waals surface area (Å²) in [6.07, 6.45) is 1.50. The number of aliphatic hydroxyl groups is 1. The average molecular weight is 176 g/mol. The maximum atomic E-state index is 11.4. The van der Waals surface area contributed by atoms with E-state index in [4.69, 9.17) is 5.11 Å². The van der Waals surface area contributed by atoms with E-state index in [2.05, 4.69) is 0 Å². The van der Waals surface area contributed by atoms with E-state index in [-0.39, 0.29) is 12.4 Å². The van der Waals surface area contributed by atoms with Crippen LogP contribution >= 0.6 is 0 Å². The largest absolute Gasteiger partial charge is 0.392 e. The molecule has 1 aromatic rings. The summed E-state index contributed by atoms with van der Waals surface area (Å²) in [4.78, 5) is 11.4. The molecule has 2 nitrogen and oxygen atoms in total. The van der Waals surface area contributed by atoms with Crippen molar-refractivity contribution in [2.24, 2.45) is 0 Å². The lowest BCUT2D eigenvalue weighted by molar-refractivity contribution is 0.0994. The van der Waals surface area contributed by atoms with Crippen molar-refractivity contribution in [2.75, 3.05) is 0 Å². The highest BCUT2D eigenvalue weighted by Gasteiger charge is 2.21. The van der Waals surface area contributed by atoms with E-state index in [0.29, 0.717) is 6.42 Å².